The van der Waals surface area contributed by atoms with Crippen molar-refractivity contribution in [3.63, 3.8) is 0 Å². The number of carbonyl (C=O) groups excluding carboxylic acids is 2. The monoisotopic (exact) mass is 507 g/mol. The first-order valence-electron chi connectivity index (χ1n) is 10.2. The fourth-order valence-electron chi connectivity index (χ4n) is 3.80. The molecule has 7 nitrogen and oxygen atoms in total. The lowest BCUT2D eigenvalue weighted by atomic mass is 9.98. The summed E-state index contributed by atoms with van der Waals surface area (Å²) < 4.78 is 5.86. The Morgan fingerprint density at radius 3 is 2.39 bits per heavy atom. The van der Waals surface area contributed by atoms with Crippen LogP contribution in [0.2, 0.25) is 0 Å². The smallest absolute Gasteiger partial charge is 0.300 e. The van der Waals surface area contributed by atoms with Crippen LogP contribution in [0.4, 0.5) is 11.4 Å². The van der Waals surface area contributed by atoms with E-state index in [0.29, 0.717) is 27.2 Å². The Balaban J connectivity index is 1.89. The van der Waals surface area contributed by atoms with E-state index in [1.54, 1.807) is 54.7 Å². The third-order valence-corrected chi connectivity index (χ3v) is 6.10. The van der Waals surface area contributed by atoms with Crippen LogP contribution in [0, 0.1) is 0 Å². The van der Waals surface area contributed by atoms with Gasteiger partial charge in [0.15, 0.2) is 0 Å². The van der Waals surface area contributed by atoms with Crippen LogP contribution in [0.1, 0.15) is 17.3 Å². The number of benzene rings is 2. The van der Waals surface area contributed by atoms with E-state index in [1.807, 2.05) is 31.1 Å². The van der Waals surface area contributed by atoms with Crippen molar-refractivity contribution in [1.29, 1.82) is 0 Å². The Morgan fingerprint density at radius 1 is 1.09 bits per heavy atom. The van der Waals surface area contributed by atoms with E-state index in [9.17, 15) is 14.7 Å². The van der Waals surface area contributed by atoms with Gasteiger partial charge < -0.3 is 14.7 Å². The lowest BCUT2D eigenvalue weighted by Crippen LogP contribution is -2.29. The van der Waals surface area contributed by atoms with E-state index in [-0.39, 0.29) is 11.3 Å². The summed E-state index contributed by atoms with van der Waals surface area (Å²) in [5.41, 5.74) is 2.32. The number of carbonyl (C=O) groups is 2. The number of aliphatic hydroxyl groups is 1. The maximum absolute atomic E-state index is 13.2. The summed E-state index contributed by atoms with van der Waals surface area (Å²) in [5.74, 6) is -1.20. The molecule has 168 valence electrons. The summed E-state index contributed by atoms with van der Waals surface area (Å²) in [7, 11) is 5.37. The van der Waals surface area contributed by atoms with Crippen molar-refractivity contribution in [3.8, 4) is 5.75 Å². The van der Waals surface area contributed by atoms with Crippen LogP contribution in [0.15, 0.2) is 76.9 Å². The predicted molar refractivity (Wildman–Crippen MR) is 130 cm³/mol. The van der Waals surface area contributed by atoms with Gasteiger partial charge in [0.05, 0.1) is 22.8 Å². The molecule has 0 saturated carbocycles. The summed E-state index contributed by atoms with van der Waals surface area (Å²) in [6.07, 6.45) is 1.59. The van der Waals surface area contributed by atoms with E-state index in [0.717, 1.165) is 5.69 Å². The summed E-state index contributed by atoms with van der Waals surface area (Å²) in [6.45, 7) is 0. The minimum absolute atomic E-state index is 0.0209. The zero-order chi connectivity index (χ0) is 23.7. The maximum atomic E-state index is 13.2. The highest BCUT2D eigenvalue weighted by Crippen LogP contribution is 2.42. The van der Waals surface area contributed by atoms with Crippen molar-refractivity contribution in [1.82, 2.24) is 4.98 Å². The number of hydrogen-bond donors (Lipinski definition) is 1. The van der Waals surface area contributed by atoms with E-state index >= 15 is 0 Å². The molecule has 2 aromatic carbocycles. The number of aromatic nitrogens is 1. The first-order valence-corrected chi connectivity index (χ1v) is 11.0. The molecule has 1 atom stereocenters. The summed E-state index contributed by atoms with van der Waals surface area (Å²) in [5, 5.41) is 11.2. The number of anilines is 2. The molecule has 3 aromatic rings. The molecule has 2 heterocycles. The molecule has 1 aromatic heterocycles. The Bertz CT molecular complexity index is 1240. The number of rotatable bonds is 5. The van der Waals surface area contributed by atoms with Gasteiger partial charge in [-0.05, 0) is 70.5 Å². The van der Waals surface area contributed by atoms with Gasteiger partial charge in [0.1, 0.15) is 17.6 Å². The Kier molecular flexibility index (Phi) is 6.20. The minimum Gasteiger partial charge on any atom is -0.507 e. The third-order valence-electron chi connectivity index (χ3n) is 5.48. The Labute approximate surface area is 200 Å². The number of pyridine rings is 1. The number of nitrogens with zero attached hydrogens (tertiary/aromatic N) is 3. The average Bonchev–Trinajstić information content (AvgIpc) is 3.09. The lowest BCUT2D eigenvalue weighted by molar-refractivity contribution is -0.132. The van der Waals surface area contributed by atoms with Crippen LogP contribution < -0.4 is 14.5 Å². The van der Waals surface area contributed by atoms with Crippen molar-refractivity contribution in [2.24, 2.45) is 0 Å². The standard InChI is InChI=1S/C25H22BrN3O4/c1-28(2)16-8-10-17(11-9-16)29-22(19-6-4-5-13-27-19)21(24(31)25(29)32)23(30)15-7-12-20(33-3)18(26)14-15/h4-14,22,30H,1-3H3/b23-21-. The van der Waals surface area contributed by atoms with Crippen LogP contribution in [0.25, 0.3) is 5.76 Å². The molecule has 1 unspecified atom stereocenters. The molecule has 1 amide bonds. The van der Waals surface area contributed by atoms with Crippen LogP contribution in [0.5, 0.6) is 5.75 Å². The average molecular weight is 508 g/mol. The van der Waals surface area contributed by atoms with Gasteiger partial charge in [-0.1, -0.05) is 6.07 Å². The number of ketones is 1. The topological polar surface area (TPSA) is 83.0 Å². The molecule has 1 N–H and O–H groups in total. The predicted octanol–water partition coefficient (Wildman–Crippen LogP) is 4.55. The van der Waals surface area contributed by atoms with E-state index in [4.69, 9.17) is 4.74 Å². The zero-order valence-electron chi connectivity index (χ0n) is 18.3. The van der Waals surface area contributed by atoms with Crippen molar-refractivity contribution < 1.29 is 19.4 Å². The lowest BCUT2D eigenvalue weighted by Gasteiger charge is -2.25. The number of aliphatic hydroxyl groups excluding tert-OH is 1. The first-order chi connectivity index (χ1) is 15.8. The van der Waals surface area contributed by atoms with Gasteiger partial charge in [-0.15, -0.1) is 0 Å². The molecule has 1 saturated heterocycles. The van der Waals surface area contributed by atoms with Crippen LogP contribution in [-0.4, -0.2) is 43.0 Å². The zero-order valence-corrected chi connectivity index (χ0v) is 19.9. The number of hydrogen-bond acceptors (Lipinski definition) is 6. The van der Waals surface area contributed by atoms with E-state index < -0.39 is 17.7 Å². The molecular weight excluding hydrogens is 486 g/mol. The van der Waals surface area contributed by atoms with Gasteiger partial charge >= 0.3 is 0 Å². The molecule has 4 rings (SSSR count). The number of amides is 1. The Hall–Kier alpha value is -3.65. The van der Waals surface area contributed by atoms with Crippen molar-refractivity contribution in [2.75, 3.05) is 31.0 Å². The first kappa shape index (κ1) is 22.5. The number of ether oxygens (including phenoxy) is 1. The summed E-state index contributed by atoms with van der Waals surface area (Å²) >= 11 is 3.40. The molecule has 1 fully saturated rings. The highest BCUT2D eigenvalue weighted by Gasteiger charge is 2.47. The molecule has 33 heavy (non-hydrogen) atoms. The fraction of sp³-hybridized carbons (Fsp3) is 0.160. The van der Waals surface area contributed by atoms with Gasteiger partial charge in [-0.3, -0.25) is 19.5 Å². The number of Topliss-reactive ketones (excluding diaryl/α,β-unsaturated/α-hetero) is 1. The van der Waals surface area contributed by atoms with Gasteiger partial charge in [0, 0.05) is 37.2 Å². The second kappa shape index (κ2) is 9.07. The van der Waals surface area contributed by atoms with Gasteiger partial charge in [0.2, 0.25) is 0 Å². The molecule has 0 aliphatic carbocycles. The number of methoxy groups -OCH3 is 1. The fourth-order valence-corrected chi connectivity index (χ4v) is 4.34. The molecule has 0 radical (unpaired) electrons. The second-order valence-corrected chi connectivity index (χ2v) is 8.54. The van der Waals surface area contributed by atoms with Crippen molar-refractivity contribution >= 4 is 44.8 Å². The maximum Gasteiger partial charge on any atom is 0.300 e. The van der Waals surface area contributed by atoms with Crippen molar-refractivity contribution in [2.45, 2.75) is 6.04 Å². The molecular formula is C25H22BrN3O4. The normalized spacial score (nSPS) is 17.3. The van der Waals surface area contributed by atoms with Gasteiger partial charge in [-0.2, -0.15) is 0 Å². The summed E-state index contributed by atoms with van der Waals surface area (Å²) in [4.78, 5) is 34.1. The largest absolute Gasteiger partial charge is 0.507 e. The number of halogens is 1. The molecule has 0 bridgehead atoms. The SMILES string of the molecule is COc1ccc(/C(O)=C2/C(=O)C(=O)N(c3ccc(N(C)C)cc3)C2c2ccccn2)cc1Br. The van der Waals surface area contributed by atoms with Crippen LogP contribution in [-0.2, 0) is 9.59 Å². The molecule has 1 aliphatic rings. The molecule has 0 spiro atoms. The van der Waals surface area contributed by atoms with Gasteiger partial charge in [-0.25, -0.2) is 0 Å². The van der Waals surface area contributed by atoms with Crippen LogP contribution >= 0.6 is 15.9 Å². The quantitative estimate of drug-likeness (QED) is 0.310. The van der Waals surface area contributed by atoms with E-state index in [2.05, 4.69) is 20.9 Å². The van der Waals surface area contributed by atoms with E-state index in [1.165, 1.54) is 12.0 Å². The van der Waals surface area contributed by atoms with Crippen LogP contribution in [0.3, 0.4) is 0 Å². The summed E-state index contributed by atoms with van der Waals surface area (Å²) in [6, 6.07) is 16.6. The third kappa shape index (κ3) is 4.09. The Morgan fingerprint density at radius 2 is 1.82 bits per heavy atom. The highest BCUT2D eigenvalue weighted by molar-refractivity contribution is 9.10. The van der Waals surface area contributed by atoms with Crippen molar-refractivity contribution in [3.05, 3.63) is 88.2 Å². The molecule has 8 heteroatoms. The van der Waals surface area contributed by atoms with Gasteiger partial charge in [0.25, 0.3) is 11.7 Å². The minimum atomic E-state index is -0.878. The second-order valence-electron chi connectivity index (χ2n) is 7.68. The highest BCUT2D eigenvalue weighted by atomic mass is 79.9. The molecule has 1 aliphatic heterocycles.